The number of fused-ring (bicyclic) bond motifs is 1. The number of hydrogen-bond donors (Lipinski definition) is 4. The van der Waals surface area contributed by atoms with Gasteiger partial charge < -0.3 is 24.8 Å². The van der Waals surface area contributed by atoms with Gasteiger partial charge in [0, 0.05) is 25.6 Å². The molecule has 2 aliphatic rings. The Morgan fingerprint density at radius 1 is 1.04 bits per heavy atom. The summed E-state index contributed by atoms with van der Waals surface area (Å²) in [6.45, 7) is 13.1. The zero-order chi connectivity index (χ0) is 34.0. The van der Waals surface area contributed by atoms with Crippen molar-refractivity contribution in [1.82, 2.24) is 40.2 Å². The van der Waals surface area contributed by atoms with Gasteiger partial charge in [0.25, 0.3) is 0 Å². The molecule has 1 unspecified atom stereocenters. The first-order valence-electron chi connectivity index (χ1n) is 15.8. The molecular weight excluding hydrogens is 622 g/mol. The third-order valence-corrected chi connectivity index (χ3v) is 9.54. The van der Waals surface area contributed by atoms with E-state index in [-0.39, 0.29) is 35.0 Å². The van der Waals surface area contributed by atoms with Gasteiger partial charge in [-0.05, 0) is 62.9 Å². The molecule has 4 heterocycles. The van der Waals surface area contributed by atoms with E-state index in [0.717, 1.165) is 5.56 Å². The van der Waals surface area contributed by atoms with E-state index < -0.39 is 27.6 Å². The Kier molecular flexibility index (Phi) is 9.89. The van der Waals surface area contributed by atoms with Crippen molar-refractivity contribution in [2.75, 3.05) is 24.5 Å². The van der Waals surface area contributed by atoms with Crippen molar-refractivity contribution in [3.05, 3.63) is 54.8 Å². The minimum Gasteiger partial charge on any atom is -0.459 e. The van der Waals surface area contributed by atoms with Crippen LogP contribution in [0.4, 0.5) is 5.82 Å². The molecule has 4 N–H and O–H groups in total. The molecule has 1 aromatic carbocycles. The molecule has 2 aromatic heterocycles. The van der Waals surface area contributed by atoms with Crippen LogP contribution in [0.1, 0.15) is 59.9 Å². The number of nitrogens with zero attached hydrogens (tertiary/aromatic N) is 5. The predicted molar refractivity (Wildman–Crippen MR) is 178 cm³/mol. The molecule has 14 nitrogen and oxygen atoms in total. The Bertz CT molecular complexity index is 1720. The maximum atomic E-state index is 13.5. The molecule has 0 aliphatic carbocycles. The highest BCUT2D eigenvalue weighted by Gasteiger charge is 2.32. The van der Waals surface area contributed by atoms with Crippen molar-refractivity contribution in [3.63, 3.8) is 0 Å². The summed E-state index contributed by atoms with van der Waals surface area (Å²) >= 11 is 0. The Morgan fingerprint density at radius 2 is 1.74 bits per heavy atom. The summed E-state index contributed by atoms with van der Waals surface area (Å²) in [7, 11) is -4.10. The summed E-state index contributed by atoms with van der Waals surface area (Å²) < 4.78 is 36.8. The SMILES string of the molecule is CC(C)(C)OC(=O)[C@H](Cn1cnc2c(N3CCC(C(=O)NC4NC=CCN4)CC3)ncnc21)NS(=O)(=O)c1ccc(C(C)(C)C)cc1. The van der Waals surface area contributed by atoms with Crippen LogP contribution in [0.3, 0.4) is 0 Å². The molecule has 0 radical (unpaired) electrons. The summed E-state index contributed by atoms with van der Waals surface area (Å²) in [5.74, 6) is -0.258. The molecule has 15 heteroatoms. The van der Waals surface area contributed by atoms with Crippen molar-refractivity contribution < 1.29 is 22.7 Å². The number of ether oxygens (including phenoxy) is 1. The van der Waals surface area contributed by atoms with Crippen LogP contribution in [-0.4, -0.2) is 77.4 Å². The summed E-state index contributed by atoms with van der Waals surface area (Å²) in [6, 6.07) is 5.35. The number of carbonyl (C=O) groups is 2. The van der Waals surface area contributed by atoms with Crippen molar-refractivity contribution in [2.24, 2.45) is 5.92 Å². The smallest absolute Gasteiger partial charge is 0.326 e. The number of rotatable bonds is 9. The molecular formula is C32H45N9O5S. The van der Waals surface area contributed by atoms with Crippen LogP contribution in [0.2, 0.25) is 0 Å². The van der Waals surface area contributed by atoms with Gasteiger partial charge in [-0.1, -0.05) is 39.0 Å². The van der Waals surface area contributed by atoms with E-state index in [1.54, 1.807) is 37.5 Å². The highest BCUT2D eigenvalue weighted by atomic mass is 32.2. The molecule has 0 saturated carbocycles. The molecule has 1 amide bonds. The van der Waals surface area contributed by atoms with E-state index in [1.807, 2.05) is 33.0 Å². The first kappa shape index (κ1) is 34.3. The minimum atomic E-state index is -4.10. The quantitative estimate of drug-likeness (QED) is 0.246. The van der Waals surface area contributed by atoms with Crippen LogP contribution in [0.5, 0.6) is 0 Å². The number of carbonyl (C=O) groups excluding carboxylic acids is 2. The molecule has 3 aromatic rings. The fraction of sp³-hybridized carbons (Fsp3) is 0.531. The van der Waals surface area contributed by atoms with E-state index >= 15 is 0 Å². The largest absolute Gasteiger partial charge is 0.459 e. The van der Waals surface area contributed by atoms with Crippen molar-refractivity contribution in [3.8, 4) is 0 Å². The molecule has 254 valence electrons. The highest BCUT2D eigenvalue weighted by Crippen LogP contribution is 2.28. The highest BCUT2D eigenvalue weighted by molar-refractivity contribution is 7.89. The molecule has 1 saturated heterocycles. The second kappa shape index (κ2) is 13.6. The van der Waals surface area contributed by atoms with E-state index in [0.29, 0.717) is 49.5 Å². The van der Waals surface area contributed by atoms with Crippen LogP contribution in [-0.2, 0) is 36.3 Å². The molecule has 0 spiro atoms. The Hall–Kier alpha value is -4.08. The predicted octanol–water partition coefficient (Wildman–Crippen LogP) is 2.14. The van der Waals surface area contributed by atoms with Crippen LogP contribution in [0.15, 0.2) is 54.1 Å². The maximum Gasteiger partial charge on any atom is 0.326 e. The monoisotopic (exact) mass is 667 g/mol. The summed E-state index contributed by atoms with van der Waals surface area (Å²) in [6.07, 6.45) is 7.68. The lowest BCUT2D eigenvalue weighted by molar-refractivity contribution is -0.157. The Morgan fingerprint density at radius 3 is 2.36 bits per heavy atom. The second-order valence-corrected chi connectivity index (χ2v) is 15.6. The van der Waals surface area contributed by atoms with Gasteiger partial charge in [0.05, 0.1) is 17.8 Å². The minimum absolute atomic E-state index is 0.0113. The Labute approximate surface area is 275 Å². The number of imidazole rings is 1. The second-order valence-electron chi connectivity index (χ2n) is 13.9. The number of sulfonamides is 1. The van der Waals surface area contributed by atoms with Crippen molar-refractivity contribution in [1.29, 1.82) is 0 Å². The lowest BCUT2D eigenvalue weighted by Crippen LogP contribution is -2.56. The van der Waals surface area contributed by atoms with E-state index in [1.165, 1.54) is 24.8 Å². The third kappa shape index (κ3) is 8.45. The van der Waals surface area contributed by atoms with Crippen molar-refractivity contribution in [2.45, 2.75) is 89.2 Å². The third-order valence-electron chi connectivity index (χ3n) is 8.05. The van der Waals surface area contributed by atoms with Gasteiger partial charge in [-0.15, -0.1) is 0 Å². The number of hydrogen-bond acceptors (Lipinski definition) is 11. The number of amides is 1. The van der Waals surface area contributed by atoms with Crippen LogP contribution < -0.4 is 25.6 Å². The van der Waals surface area contributed by atoms with Gasteiger partial charge >= 0.3 is 5.97 Å². The zero-order valence-corrected chi connectivity index (χ0v) is 28.6. The lowest BCUT2D eigenvalue weighted by atomic mass is 9.87. The zero-order valence-electron chi connectivity index (χ0n) is 27.8. The van der Waals surface area contributed by atoms with Crippen molar-refractivity contribution >= 4 is 38.9 Å². The molecule has 0 bridgehead atoms. The maximum absolute atomic E-state index is 13.5. The van der Waals surface area contributed by atoms with E-state index in [2.05, 4.69) is 40.5 Å². The fourth-order valence-electron chi connectivity index (χ4n) is 5.53. The van der Waals surface area contributed by atoms with Gasteiger partial charge in [0.15, 0.2) is 23.3 Å². The van der Waals surface area contributed by atoms with Gasteiger partial charge in [-0.2, -0.15) is 4.72 Å². The molecule has 1 fully saturated rings. The molecule has 47 heavy (non-hydrogen) atoms. The number of anilines is 1. The summed E-state index contributed by atoms with van der Waals surface area (Å²) in [4.78, 5) is 41.8. The summed E-state index contributed by atoms with van der Waals surface area (Å²) in [5, 5.41) is 9.24. The molecule has 2 aliphatic heterocycles. The first-order valence-corrected chi connectivity index (χ1v) is 17.3. The number of piperidine rings is 1. The van der Waals surface area contributed by atoms with Crippen LogP contribution in [0, 0.1) is 5.92 Å². The van der Waals surface area contributed by atoms with Gasteiger partial charge in [0.1, 0.15) is 18.0 Å². The number of esters is 1. The van der Waals surface area contributed by atoms with Gasteiger partial charge in [0.2, 0.25) is 15.9 Å². The van der Waals surface area contributed by atoms with Gasteiger partial charge in [-0.25, -0.2) is 23.4 Å². The molecule has 2 atom stereocenters. The van der Waals surface area contributed by atoms with Gasteiger partial charge in [-0.3, -0.25) is 14.9 Å². The summed E-state index contributed by atoms with van der Waals surface area (Å²) in [5.41, 5.74) is 0.954. The van der Waals surface area contributed by atoms with Crippen LogP contribution >= 0.6 is 0 Å². The lowest BCUT2D eigenvalue weighted by Gasteiger charge is -2.33. The number of benzene rings is 1. The standard InChI is InChI=1S/C32H45N9O5S/c1-31(2,3)22-8-10-23(11-9-22)47(44,45)39-24(29(43)46-32(4,5)6)18-41-20-37-25-26(35-19-36-27(25)41)40-16-12-21(13-17-40)28(42)38-30-33-14-7-15-34-30/h7-11,14,19-21,24,30,33-34,39H,12-13,15-18H2,1-6H3,(H,38,42)/t24-,30?/m0/s1. The average molecular weight is 668 g/mol. The van der Waals surface area contributed by atoms with E-state index in [9.17, 15) is 18.0 Å². The Balaban J connectivity index is 1.32. The molecule has 5 rings (SSSR count). The normalized spacial score (nSPS) is 18.5. The number of nitrogens with one attached hydrogen (secondary N) is 4. The topological polar surface area (TPSA) is 172 Å². The average Bonchev–Trinajstić information content (AvgIpc) is 3.43. The van der Waals surface area contributed by atoms with Crippen LogP contribution in [0.25, 0.3) is 11.2 Å². The first-order chi connectivity index (χ1) is 22.1. The fourth-order valence-corrected chi connectivity index (χ4v) is 6.70. The van der Waals surface area contributed by atoms with E-state index in [4.69, 9.17) is 4.74 Å². The number of aromatic nitrogens is 4.